The van der Waals surface area contributed by atoms with Gasteiger partial charge in [0.1, 0.15) is 0 Å². The quantitative estimate of drug-likeness (QED) is 0.337. The largest absolute Gasteiger partial charge is 0.466 e. The van der Waals surface area contributed by atoms with Crippen molar-refractivity contribution in [2.75, 3.05) is 32.9 Å². The monoisotopic (exact) mass is 403 g/mol. The first-order valence-electron chi connectivity index (χ1n) is 10.9. The number of ketones is 1. The van der Waals surface area contributed by atoms with Crippen molar-refractivity contribution >= 4 is 11.8 Å². The van der Waals surface area contributed by atoms with Crippen molar-refractivity contribution in [3.05, 3.63) is 35.4 Å². The summed E-state index contributed by atoms with van der Waals surface area (Å²) in [6.45, 7) is 6.22. The van der Waals surface area contributed by atoms with Crippen molar-refractivity contribution in [3.8, 4) is 0 Å². The Bertz CT molecular complexity index is 674. The van der Waals surface area contributed by atoms with Gasteiger partial charge in [-0.2, -0.15) is 0 Å². The molecule has 1 aromatic carbocycles. The van der Waals surface area contributed by atoms with E-state index in [0.717, 1.165) is 62.9 Å². The summed E-state index contributed by atoms with van der Waals surface area (Å²) in [7, 11) is 0. The van der Waals surface area contributed by atoms with Gasteiger partial charge in [0.25, 0.3) is 0 Å². The van der Waals surface area contributed by atoms with Gasteiger partial charge in [-0.15, -0.1) is 0 Å². The fraction of sp³-hybridized carbons (Fsp3) is 0.652. The van der Waals surface area contributed by atoms with E-state index in [1.807, 2.05) is 25.1 Å². The molecular formula is C23H33NO5. The summed E-state index contributed by atoms with van der Waals surface area (Å²) >= 11 is 0. The van der Waals surface area contributed by atoms with Crippen LogP contribution in [0.3, 0.4) is 0 Å². The Morgan fingerprint density at radius 3 is 2.45 bits per heavy atom. The summed E-state index contributed by atoms with van der Waals surface area (Å²) in [6, 6.07) is 7.93. The molecule has 2 aliphatic heterocycles. The van der Waals surface area contributed by atoms with Crippen LogP contribution < -0.4 is 0 Å². The lowest BCUT2D eigenvalue weighted by atomic mass is 9.97. The van der Waals surface area contributed by atoms with Crippen molar-refractivity contribution in [3.63, 3.8) is 0 Å². The molecule has 2 saturated heterocycles. The van der Waals surface area contributed by atoms with Crippen LogP contribution in [0, 0.1) is 0 Å². The Morgan fingerprint density at radius 1 is 1.03 bits per heavy atom. The number of benzene rings is 1. The van der Waals surface area contributed by atoms with Crippen LogP contribution in [-0.2, 0) is 25.5 Å². The summed E-state index contributed by atoms with van der Waals surface area (Å²) in [5, 5.41) is 0. The predicted octanol–water partition coefficient (Wildman–Crippen LogP) is 3.72. The van der Waals surface area contributed by atoms with Gasteiger partial charge < -0.3 is 14.2 Å². The number of esters is 1. The molecule has 0 bridgehead atoms. The molecule has 0 radical (unpaired) electrons. The van der Waals surface area contributed by atoms with E-state index in [4.69, 9.17) is 14.2 Å². The lowest BCUT2D eigenvalue weighted by Gasteiger charge is -2.37. The standard InChI is InChI=1S/C23H33NO5/c1-2-27-22(26)11-5-3-4-10-21(25)20-9-7-6-8-19(20)18-24-14-12-23(13-15-24)28-16-17-29-23/h6-9H,2-5,10-18H2,1H3. The lowest BCUT2D eigenvalue weighted by molar-refractivity contribution is -0.185. The highest BCUT2D eigenvalue weighted by atomic mass is 16.7. The Morgan fingerprint density at radius 2 is 1.72 bits per heavy atom. The molecule has 3 rings (SSSR count). The Balaban J connectivity index is 1.44. The van der Waals surface area contributed by atoms with E-state index < -0.39 is 0 Å². The molecule has 1 aromatic rings. The molecule has 0 aliphatic carbocycles. The zero-order valence-corrected chi connectivity index (χ0v) is 17.5. The number of unbranched alkanes of at least 4 members (excludes halogenated alkanes) is 2. The molecule has 0 aromatic heterocycles. The van der Waals surface area contributed by atoms with Crippen LogP contribution in [0.25, 0.3) is 0 Å². The number of piperidine rings is 1. The molecule has 0 unspecified atom stereocenters. The van der Waals surface area contributed by atoms with Crippen LogP contribution >= 0.6 is 0 Å². The summed E-state index contributed by atoms with van der Waals surface area (Å²) in [6.07, 6.45) is 5.14. The van der Waals surface area contributed by atoms with Crippen LogP contribution in [-0.4, -0.2) is 55.3 Å². The zero-order valence-electron chi connectivity index (χ0n) is 17.5. The van der Waals surface area contributed by atoms with Crippen molar-refractivity contribution in [2.45, 2.75) is 64.2 Å². The summed E-state index contributed by atoms with van der Waals surface area (Å²) < 4.78 is 16.5. The lowest BCUT2D eigenvalue weighted by Crippen LogP contribution is -2.44. The van der Waals surface area contributed by atoms with Crippen LogP contribution in [0.5, 0.6) is 0 Å². The van der Waals surface area contributed by atoms with Gasteiger partial charge in [-0.05, 0) is 25.3 Å². The number of carbonyl (C=O) groups is 2. The smallest absolute Gasteiger partial charge is 0.305 e. The molecule has 6 heteroatoms. The number of likely N-dealkylation sites (tertiary alicyclic amines) is 1. The SMILES string of the molecule is CCOC(=O)CCCCCC(=O)c1ccccc1CN1CCC2(CC1)OCCO2. The third-order valence-corrected chi connectivity index (χ3v) is 5.73. The molecule has 0 amide bonds. The second-order valence-corrected chi connectivity index (χ2v) is 7.83. The molecule has 2 fully saturated rings. The van der Waals surface area contributed by atoms with E-state index in [9.17, 15) is 9.59 Å². The van der Waals surface area contributed by atoms with Crippen LogP contribution in [0.1, 0.15) is 67.8 Å². The van der Waals surface area contributed by atoms with Gasteiger partial charge in [-0.25, -0.2) is 0 Å². The highest BCUT2D eigenvalue weighted by molar-refractivity contribution is 5.97. The average Bonchev–Trinajstić information content (AvgIpc) is 3.18. The molecule has 0 N–H and O–H groups in total. The van der Waals surface area contributed by atoms with Crippen molar-refractivity contribution in [1.82, 2.24) is 4.90 Å². The molecule has 0 saturated carbocycles. The van der Waals surface area contributed by atoms with Crippen molar-refractivity contribution in [1.29, 1.82) is 0 Å². The highest BCUT2D eigenvalue weighted by Crippen LogP contribution is 2.32. The first kappa shape index (κ1) is 21.9. The van der Waals surface area contributed by atoms with E-state index in [1.165, 1.54) is 0 Å². The predicted molar refractivity (Wildman–Crippen MR) is 110 cm³/mol. The highest BCUT2D eigenvalue weighted by Gasteiger charge is 2.39. The molecule has 6 nitrogen and oxygen atoms in total. The minimum Gasteiger partial charge on any atom is -0.466 e. The number of hydrogen-bond donors (Lipinski definition) is 0. The molecule has 29 heavy (non-hydrogen) atoms. The van der Waals surface area contributed by atoms with E-state index >= 15 is 0 Å². The first-order chi connectivity index (χ1) is 14.1. The number of ether oxygens (including phenoxy) is 3. The van der Waals surface area contributed by atoms with Gasteiger partial charge in [-0.1, -0.05) is 30.7 Å². The van der Waals surface area contributed by atoms with Gasteiger partial charge in [0.2, 0.25) is 0 Å². The molecule has 160 valence electrons. The summed E-state index contributed by atoms with van der Waals surface area (Å²) in [4.78, 5) is 26.5. The topological polar surface area (TPSA) is 65.1 Å². The summed E-state index contributed by atoms with van der Waals surface area (Å²) in [5.41, 5.74) is 1.92. The fourth-order valence-electron chi connectivity index (χ4n) is 4.11. The van der Waals surface area contributed by atoms with Gasteiger partial charge in [0.05, 0.1) is 19.8 Å². The van der Waals surface area contributed by atoms with Crippen LogP contribution in [0.2, 0.25) is 0 Å². The fourth-order valence-corrected chi connectivity index (χ4v) is 4.11. The maximum atomic E-state index is 12.8. The maximum absolute atomic E-state index is 12.8. The van der Waals surface area contributed by atoms with Gasteiger partial charge in [0.15, 0.2) is 11.6 Å². The Kier molecular flexibility index (Phi) is 8.21. The van der Waals surface area contributed by atoms with Crippen LogP contribution in [0.15, 0.2) is 24.3 Å². The van der Waals surface area contributed by atoms with Crippen molar-refractivity contribution < 1.29 is 23.8 Å². The van der Waals surface area contributed by atoms with Gasteiger partial charge >= 0.3 is 5.97 Å². The number of Topliss-reactive ketones (excluding diaryl/α,β-unsaturated/α-hetero) is 1. The third-order valence-electron chi connectivity index (χ3n) is 5.73. The average molecular weight is 404 g/mol. The van der Waals surface area contributed by atoms with E-state index in [2.05, 4.69) is 11.0 Å². The Labute approximate surface area is 173 Å². The van der Waals surface area contributed by atoms with Gasteiger partial charge in [0, 0.05) is 50.9 Å². The second-order valence-electron chi connectivity index (χ2n) is 7.83. The minimum atomic E-state index is -0.366. The first-order valence-corrected chi connectivity index (χ1v) is 10.9. The number of nitrogens with zero attached hydrogens (tertiary/aromatic N) is 1. The van der Waals surface area contributed by atoms with Crippen LogP contribution in [0.4, 0.5) is 0 Å². The number of carbonyl (C=O) groups excluding carboxylic acids is 2. The van der Waals surface area contributed by atoms with E-state index in [-0.39, 0.29) is 17.5 Å². The van der Waals surface area contributed by atoms with Crippen molar-refractivity contribution in [2.24, 2.45) is 0 Å². The maximum Gasteiger partial charge on any atom is 0.305 e. The van der Waals surface area contributed by atoms with E-state index in [0.29, 0.717) is 32.7 Å². The second kappa shape index (κ2) is 10.9. The molecule has 1 spiro atoms. The molecular weight excluding hydrogens is 370 g/mol. The Hall–Kier alpha value is -1.76. The number of rotatable bonds is 10. The minimum absolute atomic E-state index is 0.152. The number of hydrogen-bond acceptors (Lipinski definition) is 6. The van der Waals surface area contributed by atoms with E-state index in [1.54, 1.807) is 0 Å². The zero-order chi connectivity index (χ0) is 20.5. The summed E-state index contributed by atoms with van der Waals surface area (Å²) in [5.74, 6) is -0.330. The molecule has 2 heterocycles. The normalized spacial score (nSPS) is 18.8. The third kappa shape index (κ3) is 6.36. The molecule has 0 atom stereocenters. The van der Waals surface area contributed by atoms with Gasteiger partial charge in [-0.3, -0.25) is 14.5 Å². The molecule has 2 aliphatic rings.